The van der Waals surface area contributed by atoms with Crippen molar-refractivity contribution in [3.8, 4) is 0 Å². The fourth-order valence-electron chi connectivity index (χ4n) is 1.92. The zero-order chi connectivity index (χ0) is 9.54. The summed E-state index contributed by atoms with van der Waals surface area (Å²) in [5.41, 5.74) is 1.77. The van der Waals surface area contributed by atoms with Crippen LogP contribution in [0.3, 0.4) is 0 Å². The molecular weight excluding hydrogens is 178 g/mol. The second-order valence-electron chi connectivity index (χ2n) is 3.38. The maximum Gasteiger partial charge on any atom is 0.355 e. The minimum atomic E-state index is -0.215. The third-order valence-electron chi connectivity index (χ3n) is 2.57. The standard InChI is InChI=1S/C11H9NO2/c13-11-10-7-8-3-1-2-4-9(8)12(10)5-6-14-11/h1-4,7H,5-6H2. The second-order valence-corrected chi connectivity index (χ2v) is 3.38. The number of ether oxygens (including phenoxy) is 1. The number of hydrogen-bond acceptors (Lipinski definition) is 2. The van der Waals surface area contributed by atoms with E-state index in [1.165, 1.54) is 0 Å². The first-order valence-corrected chi connectivity index (χ1v) is 4.62. The van der Waals surface area contributed by atoms with Gasteiger partial charge in [-0.1, -0.05) is 18.2 Å². The van der Waals surface area contributed by atoms with Gasteiger partial charge in [-0.05, 0) is 12.1 Å². The molecule has 0 saturated heterocycles. The molecule has 70 valence electrons. The van der Waals surface area contributed by atoms with Gasteiger partial charge in [-0.15, -0.1) is 0 Å². The first kappa shape index (κ1) is 7.62. The van der Waals surface area contributed by atoms with Crippen LogP contribution in [0.15, 0.2) is 30.3 Å². The topological polar surface area (TPSA) is 31.2 Å². The van der Waals surface area contributed by atoms with Crippen molar-refractivity contribution in [2.24, 2.45) is 0 Å². The van der Waals surface area contributed by atoms with Crippen LogP contribution in [0, 0.1) is 0 Å². The Hall–Kier alpha value is -1.77. The highest BCUT2D eigenvalue weighted by molar-refractivity contribution is 5.96. The molecule has 0 atom stereocenters. The summed E-state index contributed by atoms with van der Waals surface area (Å²) >= 11 is 0. The maximum absolute atomic E-state index is 11.4. The minimum Gasteiger partial charge on any atom is -0.459 e. The molecule has 3 nitrogen and oxygen atoms in total. The number of fused-ring (bicyclic) bond motifs is 3. The molecule has 2 aromatic rings. The van der Waals surface area contributed by atoms with Gasteiger partial charge in [0.25, 0.3) is 0 Å². The fraction of sp³-hybridized carbons (Fsp3) is 0.182. The lowest BCUT2D eigenvalue weighted by atomic mass is 10.2. The van der Waals surface area contributed by atoms with Crippen molar-refractivity contribution in [3.05, 3.63) is 36.0 Å². The predicted octanol–water partition coefficient (Wildman–Crippen LogP) is 1.81. The molecule has 0 aliphatic carbocycles. The highest BCUT2D eigenvalue weighted by Gasteiger charge is 2.20. The van der Waals surface area contributed by atoms with Gasteiger partial charge in [0.1, 0.15) is 12.3 Å². The number of para-hydroxylation sites is 1. The summed E-state index contributed by atoms with van der Waals surface area (Å²) < 4.78 is 6.99. The third-order valence-corrected chi connectivity index (χ3v) is 2.57. The maximum atomic E-state index is 11.4. The van der Waals surface area contributed by atoms with Crippen molar-refractivity contribution in [1.29, 1.82) is 0 Å². The third kappa shape index (κ3) is 0.894. The lowest BCUT2D eigenvalue weighted by molar-refractivity contribution is 0.0426. The molecule has 1 aliphatic rings. The number of rotatable bonds is 0. The zero-order valence-electron chi connectivity index (χ0n) is 7.56. The van der Waals surface area contributed by atoms with Crippen molar-refractivity contribution in [3.63, 3.8) is 0 Å². The van der Waals surface area contributed by atoms with Crippen molar-refractivity contribution < 1.29 is 9.53 Å². The van der Waals surface area contributed by atoms with Crippen LogP contribution >= 0.6 is 0 Å². The number of carbonyl (C=O) groups excluding carboxylic acids is 1. The van der Waals surface area contributed by atoms with Crippen LogP contribution in [0.1, 0.15) is 10.5 Å². The Balaban J connectivity index is 2.38. The lowest BCUT2D eigenvalue weighted by Crippen LogP contribution is -2.22. The Bertz CT molecular complexity index is 513. The molecule has 3 rings (SSSR count). The van der Waals surface area contributed by atoms with Crippen molar-refractivity contribution in [2.45, 2.75) is 6.54 Å². The van der Waals surface area contributed by atoms with Gasteiger partial charge in [-0.3, -0.25) is 0 Å². The van der Waals surface area contributed by atoms with Gasteiger partial charge >= 0.3 is 5.97 Å². The van der Waals surface area contributed by atoms with Crippen LogP contribution in [-0.2, 0) is 11.3 Å². The van der Waals surface area contributed by atoms with Gasteiger partial charge in [0, 0.05) is 10.9 Å². The molecule has 1 aliphatic heterocycles. The smallest absolute Gasteiger partial charge is 0.355 e. The molecule has 0 N–H and O–H groups in total. The quantitative estimate of drug-likeness (QED) is 0.589. The molecule has 0 amide bonds. The summed E-state index contributed by atoms with van der Waals surface area (Å²) in [6, 6.07) is 9.87. The normalized spacial score (nSPS) is 15.3. The Kier molecular flexibility index (Phi) is 1.42. The second kappa shape index (κ2) is 2.61. The Morgan fingerprint density at radius 3 is 3.07 bits per heavy atom. The molecule has 14 heavy (non-hydrogen) atoms. The number of aromatic nitrogens is 1. The Morgan fingerprint density at radius 2 is 2.14 bits per heavy atom. The molecular formula is C11H9NO2. The van der Waals surface area contributed by atoms with Gasteiger partial charge in [-0.2, -0.15) is 0 Å². The number of nitrogens with zero attached hydrogens (tertiary/aromatic N) is 1. The van der Waals surface area contributed by atoms with Gasteiger partial charge in [0.2, 0.25) is 0 Å². The van der Waals surface area contributed by atoms with Crippen LogP contribution in [0.4, 0.5) is 0 Å². The Labute approximate surface area is 80.9 Å². The van der Waals surface area contributed by atoms with E-state index in [1.54, 1.807) is 0 Å². The SMILES string of the molecule is O=C1OCCn2c1cc1ccccc12. The molecule has 0 saturated carbocycles. The highest BCUT2D eigenvalue weighted by Crippen LogP contribution is 2.22. The molecule has 0 fully saturated rings. The number of hydrogen-bond donors (Lipinski definition) is 0. The minimum absolute atomic E-state index is 0.215. The van der Waals surface area contributed by atoms with Crippen LogP contribution in [-0.4, -0.2) is 17.1 Å². The monoisotopic (exact) mass is 187 g/mol. The van der Waals surface area contributed by atoms with Crippen molar-refractivity contribution in [2.75, 3.05) is 6.61 Å². The largest absolute Gasteiger partial charge is 0.459 e. The van der Waals surface area contributed by atoms with E-state index >= 15 is 0 Å². The van der Waals surface area contributed by atoms with E-state index in [1.807, 2.05) is 34.9 Å². The number of carbonyl (C=O) groups is 1. The molecule has 1 aromatic heterocycles. The van der Waals surface area contributed by atoms with Gasteiger partial charge in [0.05, 0.1) is 6.54 Å². The average molecular weight is 187 g/mol. The zero-order valence-corrected chi connectivity index (χ0v) is 7.56. The predicted molar refractivity (Wildman–Crippen MR) is 52.2 cm³/mol. The summed E-state index contributed by atoms with van der Waals surface area (Å²) in [4.78, 5) is 11.4. The van der Waals surface area contributed by atoms with E-state index in [2.05, 4.69) is 0 Å². The number of cyclic esters (lactones) is 1. The fourth-order valence-corrected chi connectivity index (χ4v) is 1.92. The molecule has 0 unspecified atom stereocenters. The van der Waals surface area contributed by atoms with E-state index in [-0.39, 0.29) is 5.97 Å². The summed E-state index contributed by atoms with van der Waals surface area (Å²) in [6.07, 6.45) is 0. The van der Waals surface area contributed by atoms with E-state index in [0.29, 0.717) is 12.3 Å². The van der Waals surface area contributed by atoms with Crippen LogP contribution < -0.4 is 0 Å². The van der Waals surface area contributed by atoms with E-state index in [4.69, 9.17) is 4.74 Å². The van der Waals surface area contributed by atoms with E-state index < -0.39 is 0 Å². The number of benzene rings is 1. The lowest BCUT2D eigenvalue weighted by Gasteiger charge is -2.15. The molecule has 3 heteroatoms. The molecule has 0 bridgehead atoms. The molecule has 0 spiro atoms. The van der Waals surface area contributed by atoms with Crippen molar-refractivity contribution >= 4 is 16.9 Å². The summed E-state index contributed by atoms with van der Waals surface area (Å²) in [6.45, 7) is 1.24. The Morgan fingerprint density at radius 1 is 1.29 bits per heavy atom. The summed E-state index contributed by atoms with van der Waals surface area (Å²) in [7, 11) is 0. The first-order valence-electron chi connectivity index (χ1n) is 4.62. The van der Waals surface area contributed by atoms with E-state index in [9.17, 15) is 4.79 Å². The van der Waals surface area contributed by atoms with Gasteiger partial charge in [0.15, 0.2) is 0 Å². The highest BCUT2D eigenvalue weighted by atomic mass is 16.5. The van der Waals surface area contributed by atoms with Gasteiger partial charge < -0.3 is 9.30 Å². The molecule has 1 aromatic carbocycles. The molecule has 2 heterocycles. The van der Waals surface area contributed by atoms with Crippen molar-refractivity contribution in [1.82, 2.24) is 4.57 Å². The van der Waals surface area contributed by atoms with Crippen LogP contribution in [0.25, 0.3) is 10.9 Å². The average Bonchev–Trinajstić information content (AvgIpc) is 2.59. The van der Waals surface area contributed by atoms with Crippen LogP contribution in [0.5, 0.6) is 0 Å². The van der Waals surface area contributed by atoms with Gasteiger partial charge in [-0.25, -0.2) is 4.79 Å². The number of esters is 1. The van der Waals surface area contributed by atoms with E-state index in [0.717, 1.165) is 17.4 Å². The summed E-state index contributed by atoms with van der Waals surface area (Å²) in [5.74, 6) is -0.215. The first-order chi connectivity index (χ1) is 6.86. The van der Waals surface area contributed by atoms with Crippen LogP contribution in [0.2, 0.25) is 0 Å². The summed E-state index contributed by atoms with van der Waals surface area (Å²) in [5, 5.41) is 1.10. The molecule has 0 radical (unpaired) electrons.